The van der Waals surface area contributed by atoms with E-state index in [0.717, 1.165) is 6.07 Å². The molecule has 0 aliphatic rings. The average Bonchev–Trinajstić information content (AvgIpc) is 2.27. The maximum atomic E-state index is 13.2. The van der Waals surface area contributed by atoms with Gasteiger partial charge in [0.25, 0.3) is 5.69 Å². The number of esters is 1. The molecule has 0 radical (unpaired) electrons. The van der Waals surface area contributed by atoms with E-state index in [1.807, 2.05) is 0 Å². The molecular formula is C11H12FNO4S. The van der Waals surface area contributed by atoms with E-state index >= 15 is 0 Å². The van der Waals surface area contributed by atoms with Gasteiger partial charge in [-0.15, -0.1) is 11.8 Å². The Morgan fingerprint density at radius 3 is 2.78 bits per heavy atom. The van der Waals surface area contributed by atoms with Crippen molar-refractivity contribution >= 4 is 23.4 Å². The first-order valence-electron chi connectivity index (χ1n) is 5.11. The van der Waals surface area contributed by atoms with Crippen molar-refractivity contribution < 1.29 is 18.8 Å². The van der Waals surface area contributed by atoms with Gasteiger partial charge in [0.2, 0.25) is 0 Å². The molecule has 0 saturated heterocycles. The smallest absolute Gasteiger partial charge is 0.306 e. The molecule has 0 heterocycles. The molecule has 98 valence electrons. The summed E-state index contributed by atoms with van der Waals surface area (Å²) in [6.45, 7) is 1.76. The minimum Gasteiger partial charge on any atom is -0.469 e. The SMILES string of the molecule is COC(=O)CC(C)Sc1cc(F)cc([N+](=O)[O-])c1. The molecule has 1 unspecified atom stereocenters. The minimum atomic E-state index is -0.669. The second-order valence-electron chi connectivity index (χ2n) is 3.61. The predicted molar refractivity (Wildman–Crippen MR) is 65.0 cm³/mol. The monoisotopic (exact) mass is 273 g/mol. The van der Waals surface area contributed by atoms with Crippen LogP contribution in [0.1, 0.15) is 13.3 Å². The van der Waals surface area contributed by atoms with Crippen LogP contribution in [0.15, 0.2) is 23.1 Å². The first kappa shape index (κ1) is 14.4. The van der Waals surface area contributed by atoms with E-state index in [9.17, 15) is 19.3 Å². The molecule has 0 amide bonds. The van der Waals surface area contributed by atoms with E-state index in [2.05, 4.69) is 4.74 Å². The van der Waals surface area contributed by atoms with E-state index in [1.54, 1.807) is 6.92 Å². The summed E-state index contributed by atoms with van der Waals surface area (Å²) in [5.41, 5.74) is -0.303. The molecule has 1 aromatic rings. The Hall–Kier alpha value is -1.63. The first-order valence-corrected chi connectivity index (χ1v) is 5.98. The zero-order valence-corrected chi connectivity index (χ0v) is 10.7. The van der Waals surface area contributed by atoms with Gasteiger partial charge in [-0.1, -0.05) is 6.92 Å². The van der Waals surface area contributed by atoms with Crippen LogP contribution in [0.4, 0.5) is 10.1 Å². The van der Waals surface area contributed by atoms with Gasteiger partial charge in [-0.05, 0) is 6.07 Å². The van der Waals surface area contributed by atoms with E-state index < -0.39 is 10.7 Å². The summed E-state index contributed by atoms with van der Waals surface area (Å²) in [5.74, 6) is -1.04. The van der Waals surface area contributed by atoms with Gasteiger partial charge >= 0.3 is 5.97 Å². The fraction of sp³-hybridized carbons (Fsp3) is 0.364. The summed E-state index contributed by atoms with van der Waals surface area (Å²) in [6.07, 6.45) is 0.158. The quantitative estimate of drug-likeness (QED) is 0.357. The van der Waals surface area contributed by atoms with Crippen LogP contribution in [0.3, 0.4) is 0 Å². The number of ether oxygens (including phenoxy) is 1. The zero-order valence-electron chi connectivity index (χ0n) is 9.88. The number of nitrogens with zero attached hydrogens (tertiary/aromatic N) is 1. The predicted octanol–water partition coefficient (Wildman–Crippen LogP) is 2.78. The molecule has 0 bridgehead atoms. The van der Waals surface area contributed by atoms with Gasteiger partial charge in [0.1, 0.15) is 5.82 Å². The highest BCUT2D eigenvalue weighted by Crippen LogP contribution is 2.29. The number of carbonyl (C=O) groups is 1. The Kier molecular flexibility index (Phi) is 5.08. The van der Waals surface area contributed by atoms with Gasteiger partial charge in [0.05, 0.1) is 24.5 Å². The second-order valence-corrected chi connectivity index (χ2v) is 5.12. The molecule has 5 nitrogen and oxygen atoms in total. The number of halogens is 1. The average molecular weight is 273 g/mol. The molecule has 1 rings (SSSR count). The van der Waals surface area contributed by atoms with Crippen LogP contribution in [0, 0.1) is 15.9 Å². The molecule has 0 spiro atoms. The maximum absolute atomic E-state index is 13.2. The number of nitro groups is 1. The number of hydrogen-bond acceptors (Lipinski definition) is 5. The standard InChI is InChI=1S/C11H12FNO4S/c1-7(3-11(14)17-2)18-10-5-8(12)4-9(6-10)13(15)16/h4-7H,3H2,1-2H3. The Morgan fingerprint density at radius 1 is 1.56 bits per heavy atom. The first-order chi connectivity index (χ1) is 8.42. The molecule has 0 fully saturated rings. The molecule has 0 saturated carbocycles. The van der Waals surface area contributed by atoms with Crippen LogP contribution in [0.25, 0.3) is 0 Å². The second kappa shape index (κ2) is 6.34. The summed E-state index contributed by atoms with van der Waals surface area (Å²) in [6, 6.07) is 3.34. The van der Waals surface area contributed by atoms with Crippen molar-refractivity contribution in [2.24, 2.45) is 0 Å². The van der Waals surface area contributed by atoms with Gasteiger partial charge < -0.3 is 4.74 Å². The van der Waals surface area contributed by atoms with Gasteiger partial charge in [-0.2, -0.15) is 0 Å². The summed E-state index contributed by atoms with van der Waals surface area (Å²) in [4.78, 5) is 21.4. The van der Waals surface area contributed by atoms with Crippen molar-refractivity contribution in [1.82, 2.24) is 0 Å². The van der Waals surface area contributed by atoms with Crippen molar-refractivity contribution in [3.05, 3.63) is 34.1 Å². The Labute approximate surface area is 107 Å². The van der Waals surface area contributed by atoms with Crippen LogP contribution in [0.5, 0.6) is 0 Å². The number of methoxy groups -OCH3 is 1. The fourth-order valence-electron chi connectivity index (χ4n) is 1.31. The van der Waals surface area contributed by atoms with Gasteiger partial charge in [0.15, 0.2) is 0 Å². The number of benzene rings is 1. The molecule has 0 aliphatic carbocycles. The van der Waals surface area contributed by atoms with Gasteiger partial charge in [-0.25, -0.2) is 4.39 Å². The molecule has 7 heteroatoms. The van der Waals surface area contributed by atoms with E-state index in [4.69, 9.17) is 0 Å². The van der Waals surface area contributed by atoms with Crippen molar-refractivity contribution in [3.8, 4) is 0 Å². The number of carbonyl (C=O) groups excluding carboxylic acids is 1. The third-order valence-corrected chi connectivity index (χ3v) is 3.16. The molecule has 0 aromatic heterocycles. The Morgan fingerprint density at radius 2 is 2.22 bits per heavy atom. The lowest BCUT2D eigenvalue weighted by molar-refractivity contribution is -0.385. The van der Waals surface area contributed by atoms with Gasteiger partial charge in [0, 0.05) is 16.2 Å². The highest BCUT2D eigenvalue weighted by Gasteiger charge is 2.14. The lowest BCUT2D eigenvalue weighted by Crippen LogP contribution is -2.08. The Balaban J connectivity index is 2.78. The minimum absolute atomic E-state index is 0.154. The largest absolute Gasteiger partial charge is 0.469 e. The highest BCUT2D eigenvalue weighted by atomic mass is 32.2. The van der Waals surface area contributed by atoms with Crippen molar-refractivity contribution in [2.75, 3.05) is 7.11 Å². The molecular weight excluding hydrogens is 261 g/mol. The lowest BCUT2D eigenvalue weighted by atomic mass is 10.3. The molecule has 1 aromatic carbocycles. The number of rotatable bonds is 5. The molecule has 1 atom stereocenters. The third-order valence-electron chi connectivity index (χ3n) is 2.09. The third kappa shape index (κ3) is 4.33. The fourth-order valence-corrected chi connectivity index (χ4v) is 2.37. The van der Waals surface area contributed by atoms with Crippen LogP contribution in [0.2, 0.25) is 0 Å². The van der Waals surface area contributed by atoms with E-state index in [1.165, 1.54) is 31.0 Å². The lowest BCUT2D eigenvalue weighted by Gasteiger charge is -2.09. The van der Waals surface area contributed by atoms with Gasteiger partial charge in [-0.3, -0.25) is 14.9 Å². The van der Waals surface area contributed by atoms with Crippen LogP contribution < -0.4 is 0 Å². The number of non-ortho nitro benzene ring substituents is 1. The number of hydrogen-bond donors (Lipinski definition) is 0. The summed E-state index contributed by atoms with van der Waals surface area (Å²) >= 11 is 1.19. The van der Waals surface area contributed by atoms with Crippen molar-refractivity contribution in [2.45, 2.75) is 23.5 Å². The summed E-state index contributed by atoms with van der Waals surface area (Å²) < 4.78 is 17.7. The molecule has 0 aliphatic heterocycles. The van der Waals surface area contributed by atoms with E-state index in [0.29, 0.717) is 4.90 Å². The van der Waals surface area contributed by atoms with Crippen molar-refractivity contribution in [3.63, 3.8) is 0 Å². The molecule has 0 N–H and O–H groups in total. The number of nitro benzene ring substituents is 1. The summed E-state index contributed by atoms with van der Waals surface area (Å²) in [5, 5.41) is 10.4. The van der Waals surface area contributed by atoms with Crippen LogP contribution in [-0.4, -0.2) is 23.3 Å². The van der Waals surface area contributed by atoms with Crippen LogP contribution in [-0.2, 0) is 9.53 Å². The molecule has 18 heavy (non-hydrogen) atoms. The van der Waals surface area contributed by atoms with E-state index in [-0.39, 0.29) is 23.3 Å². The summed E-state index contributed by atoms with van der Waals surface area (Å²) in [7, 11) is 1.28. The van der Waals surface area contributed by atoms with Crippen LogP contribution >= 0.6 is 11.8 Å². The maximum Gasteiger partial charge on any atom is 0.306 e. The zero-order chi connectivity index (χ0) is 13.7. The Bertz CT molecular complexity index is 466. The van der Waals surface area contributed by atoms with Crippen molar-refractivity contribution in [1.29, 1.82) is 0 Å². The normalized spacial score (nSPS) is 11.9. The topological polar surface area (TPSA) is 69.4 Å². The highest BCUT2D eigenvalue weighted by molar-refractivity contribution is 8.00. The number of thioether (sulfide) groups is 1.